The molecule has 0 N–H and O–H groups in total. The van der Waals surface area contributed by atoms with E-state index in [1.54, 1.807) is 0 Å². The summed E-state index contributed by atoms with van der Waals surface area (Å²) in [6.07, 6.45) is 1.98. The second-order valence-electron chi connectivity index (χ2n) is 4.36. The van der Waals surface area contributed by atoms with Crippen LogP contribution in [0.3, 0.4) is 0 Å². The second-order valence-corrected chi connectivity index (χ2v) is 7.59. The predicted octanol–water partition coefficient (Wildman–Crippen LogP) is 3.90. The Kier molecular flexibility index (Phi) is 4.40. The summed E-state index contributed by atoms with van der Waals surface area (Å²) >= 11 is 6.98. The largest absolute Gasteiger partial charge is 0.114 e. The molecule has 0 unspecified atom stereocenters. The first-order chi connectivity index (χ1) is 8.77. The van der Waals surface area contributed by atoms with Crippen molar-refractivity contribution in [3.63, 3.8) is 0 Å². The van der Waals surface area contributed by atoms with E-state index < -0.39 is 9.52 Å². The summed E-state index contributed by atoms with van der Waals surface area (Å²) in [5.74, 6) is 0. The van der Waals surface area contributed by atoms with Crippen molar-refractivity contribution in [1.29, 1.82) is 0 Å². The van der Waals surface area contributed by atoms with Gasteiger partial charge in [-0.15, -0.1) is 18.2 Å². The van der Waals surface area contributed by atoms with Gasteiger partial charge in [0, 0.05) is 0 Å². The molecule has 0 atom stereocenters. The Hall–Kier alpha value is -1.31. The van der Waals surface area contributed by atoms with Crippen LogP contribution in [0.25, 0.3) is 0 Å². The van der Waals surface area contributed by atoms with Crippen LogP contribution in [-0.4, -0.2) is 9.52 Å². The Morgan fingerprint density at radius 3 is 1.78 bits per heavy atom. The van der Waals surface area contributed by atoms with E-state index in [-0.39, 0.29) is 4.50 Å². The summed E-state index contributed by atoms with van der Waals surface area (Å²) < 4.78 is -0.323. The lowest BCUT2D eigenvalue weighted by Crippen LogP contribution is -2.27. The molecule has 0 radical (unpaired) electrons. The van der Waals surface area contributed by atoms with Crippen LogP contribution in [0.5, 0.6) is 0 Å². The molecular weight excluding hydrogens is 256 g/mol. The average molecular weight is 273 g/mol. The first-order valence-corrected chi connectivity index (χ1v) is 8.27. The maximum Gasteiger partial charge on any atom is 0.0786 e. The molecule has 2 aromatic carbocycles. The van der Waals surface area contributed by atoms with Gasteiger partial charge in [0.1, 0.15) is 0 Å². The van der Waals surface area contributed by atoms with E-state index >= 15 is 0 Å². The highest BCUT2D eigenvalue weighted by Gasteiger charge is 2.30. The van der Waals surface area contributed by atoms with Gasteiger partial charge in [0.25, 0.3) is 0 Å². The molecule has 2 aromatic rings. The van der Waals surface area contributed by atoms with Crippen LogP contribution in [0.2, 0.25) is 6.04 Å². The fourth-order valence-electron chi connectivity index (χ4n) is 2.16. The van der Waals surface area contributed by atoms with Gasteiger partial charge in [0.2, 0.25) is 0 Å². The first kappa shape index (κ1) is 13.1. The van der Waals surface area contributed by atoms with Crippen molar-refractivity contribution in [1.82, 2.24) is 0 Å². The van der Waals surface area contributed by atoms with E-state index in [0.29, 0.717) is 0 Å². The predicted molar refractivity (Wildman–Crippen MR) is 83.1 cm³/mol. The summed E-state index contributed by atoms with van der Waals surface area (Å²) in [6.45, 7) is 3.83. The Bertz CT molecular complexity index is 454. The summed E-state index contributed by atoms with van der Waals surface area (Å²) in [5, 5.41) is 0. The van der Waals surface area contributed by atoms with E-state index in [9.17, 15) is 0 Å². The Balaban J connectivity index is 2.44. The zero-order valence-corrected chi connectivity index (χ0v) is 12.5. The zero-order chi connectivity index (χ0) is 12.8. The minimum absolute atomic E-state index is 0.323. The Labute approximate surface area is 116 Å². The number of hydrogen-bond donors (Lipinski definition) is 0. The quantitative estimate of drug-likeness (QED) is 0.440. The van der Waals surface area contributed by atoms with Crippen molar-refractivity contribution in [3.05, 3.63) is 84.4 Å². The molecule has 92 valence electrons. The average Bonchev–Trinajstić information content (AvgIpc) is 2.46. The molecule has 0 bridgehead atoms. The molecule has 18 heavy (non-hydrogen) atoms. The minimum atomic E-state index is -0.520. The molecule has 0 aliphatic carbocycles. The summed E-state index contributed by atoms with van der Waals surface area (Å²) in [6, 6.07) is 21.8. The molecule has 2 heteroatoms. The molecule has 0 heterocycles. The fraction of sp³-hybridized carbons (Fsp3) is 0.125. The molecule has 0 aliphatic heterocycles. The lowest BCUT2D eigenvalue weighted by Gasteiger charge is -2.27. The van der Waals surface area contributed by atoms with Gasteiger partial charge in [-0.3, -0.25) is 0 Å². The molecule has 0 nitrogen and oxygen atoms in total. The van der Waals surface area contributed by atoms with Crippen LogP contribution in [0.4, 0.5) is 0 Å². The van der Waals surface area contributed by atoms with E-state index in [2.05, 4.69) is 55.1 Å². The third kappa shape index (κ3) is 2.74. The fourth-order valence-corrected chi connectivity index (χ4v) is 4.39. The lowest BCUT2D eigenvalue weighted by molar-refractivity contribution is 1.01. The van der Waals surface area contributed by atoms with E-state index in [0.717, 1.165) is 6.04 Å². The van der Waals surface area contributed by atoms with Gasteiger partial charge in [0.05, 0.1) is 14.0 Å². The minimum Gasteiger partial charge on any atom is -0.114 e. The number of alkyl halides is 1. The van der Waals surface area contributed by atoms with Gasteiger partial charge in [0.15, 0.2) is 0 Å². The highest BCUT2D eigenvalue weighted by Crippen LogP contribution is 2.36. The molecule has 2 rings (SSSR count). The van der Waals surface area contributed by atoms with Gasteiger partial charge in [-0.2, -0.15) is 0 Å². The van der Waals surface area contributed by atoms with Crippen LogP contribution in [0, 0.1) is 0 Å². The highest BCUT2D eigenvalue weighted by atomic mass is 35.5. The van der Waals surface area contributed by atoms with Crippen molar-refractivity contribution >= 4 is 21.1 Å². The van der Waals surface area contributed by atoms with E-state index in [1.807, 2.05) is 18.2 Å². The molecule has 0 aromatic heterocycles. The van der Waals surface area contributed by atoms with Crippen LogP contribution in [0.15, 0.2) is 73.3 Å². The number of allylic oxidation sites excluding steroid dienone is 1. The standard InChI is InChI=1S/C16H17ClSi/c1-2-13-18-16(17,14-9-5-3-6-10-14)15-11-7-4-8-12-15/h2-12H,1,13,18H2. The summed E-state index contributed by atoms with van der Waals surface area (Å²) in [7, 11) is -0.520. The molecule has 0 saturated carbocycles. The molecule has 0 aliphatic rings. The molecule has 0 fully saturated rings. The maximum atomic E-state index is 6.98. The lowest BCUT2D eigenvalue weighted by atomic mass is 10.0. The van der Waals surface area contributed by atoms with Crippen molar-refractivity contribution in [2.24, 2.45) is 0 Å². The third-order valence-electron chi connectivity index (χ3n) is 3.16. The molecule has 0 amide bonds. The molecular formula is C16H17ClSi. The molecule has 0 spiro atoms. The number of hydrogen-bond acceptors (Lipinski definition) is 0. The SMILES string of the molecule is C=CC[SiH2]C(Cl)(c1ccccc1)c1ccccc1. The summed E-state index contributed by atoms with van der Waals surface area (Å²) in [5.41, 5.74) is 2.40. The van der Waals surface area contributed by atoms with Gasteiger partial charge in [-0.1, -0.05) is 66.7 Å². The first-order valence-electron chi connectivity index (χ1n) is 6.18. The van der Waals surface area contributed by atoms with Crippen molar-refractivity contribution in [3.8, 4) is 0 Å². The van der Waals surface area contributed by atoms with Crippen LogP contribution in [-0.2, 0) is 4.50 Å². The molecule has 0 saturated heterocycles. The van der Waals surface area contributed by atoms with E-state index in [1.165, 1.54) is 11.1 Å². The Morgan fingerprint density at radius 2 is 1.39 bits per heavy atom. The van der Waals surface area contributed by atoms with Crippen LogP contribution in [0.1, 0.15) is 11.1 Å². The van der Waals surface area contributed by atoms with Gasteiger partial charge < -0.3 is 0 Å². The normalized spacial score (nSPS) is 11.8. The maximum absolute atomic E-state index is 6.98. The number of halogens is 1. The van der Waals surface area contributed by atoms with Gasteiger partial charge in [-0.25, -0.2) is 0 Å². The number of rotatable bonds is 5. The van der Waals surface area contributed by atoms with Crippen LogP contribution < -0.4 is 0 Å². The summed E-state index contributed by atoms with van der Waals surface area (Å²) in [4.78, 5) is 0. The van der Waals surface area contributed by atoms with Crippen molar-refractivity contribution in [2.75, 3.05) is 0 Å². The van der Waals surface area contributed by atoms with Crippen molar-refractivity contribution in [2.45, 2.75) is 10.5 Å². The van der Waals surface area contributed by atoms with Gasteiger partial charge in [-0.05, 0) is 17.2 Å². The zero-order valence-electron chi connectivity index (χ0n) is 10.4. The van der Waals surface area contributed by atoms with E-state index in [4.69, 9.17) is 11.6 Å². The Morgan fingerprint density at radius 1 is 0.944 bits per heavy atom. The third-order valence-corrected chi connectivity index (χ3v) is 6.36. The monoisotopic (exact) mass is 272 g/mol. The highest BCUT2D eigenvalue weighted by molar-refractivity contribution is 6.58. The number of benzene rings is 2. The smallest absolute Gasteiger partial charge is 0.0786 e. The topological polar surface area (TPSA) is 0 Å². The van der Waals surface area contributed by atoms with Gasteiger partial charge >= 0.3 is 0 Å². The van der Waals surface area contributed by atoms with Crippen molar-refractivity contribution < 1.29 is 0 Å². The second kappa shape index (κ2) is 6.03. The van der Waals surface area contributed by atoms with Crippen LogP contribution >= 0.6 is 11.6 Å².